The van der Waals surface area contributed by atoms with Crippen LogP contribution < -0.4 is 4.72 Å². The highest BCUT2D eigenvalue weighted by Gasteiger charge is 2.28. The molecule has 5 nitrogen and oxygen atoms in total. The lowest BCUT2D eigenvalue weighted by molar-refractivity contribution is -0.143. The van der Waals surface area contributed by atoms with Crippen molar-refractivity contribution in [1.82, 2.24) is 4.72 Å². The summed E-state index contributed by atoms with van der Waals surface area (Å²) in [4.78, 5) is 11.8. The molecule has 6 heteroatoms. The Morgan fingerprint density at radius 1 is 1.25 bits per heavy atom. The zero-order chi connectivity index (χ0) is 15.3. The zero-order valence-electron chi connectivity index (χ0n) is 12.2. The molecule has 0 amide bonds. The van der Waals surface area contributed by atoms with Gasteiger partial charge in [0.15, 0.2) is 0 Å². The van der Waals surface area contributed by atoms with E-state index >= 15 is 0 Å². The van der Waals surface area contributed by atoms with Crippen molar-refractivity contribution < 1.29 is 17.9 Å². The number of hydrogen-bond donors (Lipinski definition) is 1. The van der Waals surface area contributed by atoms with Crippen LogP contribution >= 0.6 is 0 Å². The molecule has 0 fully saturated rings. The standard InChI is InChI=1S/C14H21NO4S/c1-5-11-6-8-12(9-7-11)20(17,18)15-13(10(2)3)14(16)19-4/h6-10,13,15H,5H2,1-4H3/t13-/m0/s1. The van der Waals surface area contributed by atoms with E-state index in [9.17, 15) is 13.2 Å². The fourth-order valence-corrected chi connectivity index (χ4v) is 3.06. The molecule has 0 heterocycles. The van der Waals surface area contributed by atoms with Crippen LogP contribution in [0, 0.1) is 5.92 Å². The lowest BCUT2D eigenvalue weighted by Crippen LogP contribution is -2.44. The Bertz CT molecular complexity index is 549. The van der Waals surface area contributed by atoms with Gasteiger partial charge in [0.2, 0.25) is 10.0 Å². The van der Waals surface area contributed by atoms with Crippen LogP contribution in [0.15, 0.2) is 29.2 Å². The van der Waals surface area contributed by atoms with Crippen molar-refractivity contribution in [2.45, 2.75) is 38.1 Å². The van der Waals surface area contributed by atoms with Crippen LogP contribution in [0.3, 0.4) is 0 Å². The van der Waals surface area contributed by atoms with Gasteiger partial charge in [0.05, 0.1) is 12.0 Å². The lowest BCUT2D eigenvalue weighted by Gasteiger charge is -2.19. The van der Waals surface area contributed by atoms with Crippen molar-refractivity contribution in [3.63, 3.8) is 0 Å². The first-order valence-electron chi connectivity index (χ1n) is 6.51. The second-order valence-corrected chi connectivity index (χ2v) is 6.58. The van der Waals surface area contributed by atoms with Crippen LogP contribution in [0.2, 0.25) is 0 Å². The summed E-state index contributed by atoms with van der Waals surface area (Å²) in [5.74, 6) is -0.791. The first-order chi connectivity index (χ1) is 9.31. The molecule has 0 spiro atoms. The number of benzene rings is 1. The van der Waals surface area contributed by atoms with Crippen molar-refractivity contribution in [2.24, 2.45) is 5.92 Å². The molecular weight excluding hydrogens is 278 g/mol. The first-order valence-corrected chi connectivity index (χ1v) is 7.99. The van der Waals surface area contributed by atoms with Gasteiger partial charge in [-0.1, -0.05) is 32.9 Å². The summed E-state index contributed by atoms with van der Waals surface area (Å²) in [6.07, 6.45) is 0.838. The van der Waals surface area contributed by atoms with E-state index in [4.69, 9.17) is 0 Å². The summed E-state index contributed by atoms with van der Waals surface area (Å²) in [7, 11) is -2.50. The van der Waals surface area contributed by atoms with Crippen molar-refractivity contribution in [1.29, 1.82) is 0 Å². The van der Waals surface area contributed by atoms with E-state index in [2.05, 4.69) is 9.46 Å². The van der Waals surface area contributed by atoms with Crippen LogP contribution in [-0.2, 0) is 26.0 Å². The Balaban J connectivity index is 3.00. The largest absolute Gasteiger partial charge is 0.468 e. The number of aryl methyl sites for hydroxylation is 1. The maximum atomic E-state index is 12.2. The molecule has 1 atom stereocenters. The van der Waals surface area contributed by atoms with E-state index in [1.807, 2.05) is 6.92 Å². The van der Waals surface area contributed by atoms with Crippen LogP contribution in [0.5, 0.6) is 0 Å². The quantitative estimate of drug-likeness (QED) is 0.812. The Morgan fingerprint density at radius 2 is 1.80 bits per heavy atom. The third-order valence-electron chi connectivity index (χ3n) is 3.05. The molecule has 0 bridgehead atoms. The number of methoxy groups -OCH3 is 1. The number of hydrogen-bond acceptors (Lipinski definition) is 4. The van der Waals surface area contributed by atoms with Gasteiger partial charge in [0, 0.05) is 0 Å². The van der Waals surface area contributed by atoms with Crippen LogP contribution in [0.4, 0.5) is 0 Å². The van der Waals surface area contributed by atoms with Gasteiger partial charge in [-0.25, -0.2) is 8.42 Å². The molecule has 0 aliphatic heterocycles. The minimum atomic E-state index is -3.74. The van der Waals surface area contributed by atoms with E-state index in [1.165, 1.54) is 19.2 Å². The van der Waals surface area contributed by atoms with Gasteiger partial charge in [0.25, 0.3) is 0 Å². The Kier molecular flexibility index (Phi) is 5.71. The summed E-state index contributed by atoms with van der Waals surface area (Å²) in [6.45, 7) is 5.50. The molecule has 1 aromatic rings. The fourth-order valence-electron chi connectivity index (χ4n) is 1.72. The Hall–Kier alpha value is -1.40. The second-order valence-electron chi connectivity index (χ2n) is 4.86. The molecule has 0 aliphatic rings. The summed E-state index contributed by atoms with van der Waals surface area (Å²) in [6, 6.07) is 5.70. The van der Waals surface area contributed by atoms with E-state index < -0.39 is 22.0 Å². The van der Waals surface area contributed by atoms with E-state index in [0.717, 1.165) is 12.0 Å². The zero-order valence-corrected chi connectivity index (χ0v) is 13.0. The first kappa shape index (κ1) is 16.7. The molecule has 0 saturated heterocycles. The molecule has 0 aromatic heterocycles. The fraction of sp³-hybridized carbons (Fsp3) is 0.500. The van der Waals surface area contributed by atoms with Crippen LogP contribution in [0.25, 0.3) is 0 Å². The Morgan fingerprint density at radius 3 is 2.20 bits per heavy atom. The van der Waals surface area contributed by atoms with Gasteiger partial charge in [0.1, 0.15) is 6.04 Å². The number of esters is 1. The van der Waals surface area contributed by atoms with E-state index in [1.54, 1.807) is 26.0 Å². The molecule has 20 heavy (non-hydrogen) atoms. The van der Waals surface area contributed by atoms with Crippen molar-refractivity contribution in [3.8, 4) is 0 Å². The number of ether oxygens (including phenoxy) is 1. The molecule has 112 valence electrons. The van der Waals surface area contributed by atoms with Crippen LogP contribution in [0.1, 0.15) is 26.3 Å². The maximum absolute atomic E-state index is 12.2. The average molecular weight is 299 g/mol. The van der Waals surface area contributed by atoms with Gasteiger partial charge in [-0.2, -0.15) is 4.72 Å². The van der Waals surface area contributed by atoms with E-state index in [-0.39, 0.29) is 10.8 Å². The molecule has 0 saturated carbocycles. The highest BCUT2D eigenvalue weighted by molar-refractivity contribution is 7.89. The smallest absolute Gasteiger partial charge is 0.324 e. The second kappa shape index (κ2) is 6.85. The summed E-state index contributed by atoms with van der Waals surface area (Å²) >= 11 is 0. The highest BCUT2D eigenvalue weighted by Crippen LogP contribution is 2.14. The molecule has 0 unspecified atom stereocenters. The SMILES string of the molecule is CCc1ccc(S(=O)(=O)N[C@H](C(=O)OC)C(C)C)cc1. The summed E-state index contributed by atoms with van der Waals surface area (Å²) in [5.41, 5.74) is 1.05. The number of carbonyl (C=O) groups is 1. The lowest BCUT2D eigenvalue weighted by atomic mass is 10.1. The van der Waals surface area contributed by atoms with Crippen molar-refractivity contribution >= 4 is 16.0 Å². The number of carbonyl (C=O) groups excluding carboxylic acids is 1. The molecule has 0 aliphatic carbocycles. The molecule has 1 N–H and O–H groups in total. The van der Waals surface area contributed by atoms with Gasteiger partial charge >= 0.3 is 5.97 Å². The van der Waals surface area contributed by atoms with Crippen LogP contribution in [-0.4, -0.2) is 27.5 Å². The van der Waals surface area contributed by atoms with Gasteiger partial charge in [-0.05, 0) is 30.0 Å². The minimum Gasteiger partial charge on any atom is -0.468 e. The van der Waals surface area contributed by atoms with Gasteiger partial charge in [-0.3, -0.25) is 4.79 Å². The van der Waals surface area contributed by atoms with E-state index in [0.29, 0.717) is 0 Å². The predicted molar refractivity (Wildman–Crippen MR) is 76.8 cm³/mol. The molecular formula is C14H21NO4S. The third kappa shape index (κ3) is 4.05. The maximum Gasteiger partial charge on any atom is 0.324 e. The topological polar surface area (TPSA) is 72.5 Å². The normalized spacial score (nSPS) is 13.2. The summed E-state index contributed by atoms with van der Waals surface area (Å²) in [5, 5.41) is 0. The number of nitrogens with one attached hydrogen (secondary N) is 1. The highest BCUT2D eigenvalue weighted by atomic mass is 32.2. The van der Waals surface area contributed by atoms with Gasteiger partial charge < -0.3 is 4.74 Å². The number of rotatable bonds is 6. The number of sulfonamides is 1. The predicted octanol–water partition coefficient (Wildman–Crippen LogP) is 1.72. The Labute approximate surface area is 120 Å². The molecule has 0 radical (unpaired) electrons. The molecule has 1 aromatic carbocycles. The average Bonchev–Trinajstić information content (AvgIpc) is 2.43. The third-order valence-corrected chi connectivity index (χ3v) is 4.50. The minimum absolute atomic E-state index is 0.143. The summed E-state index contributed by atoms with van der Waals surface area (Å²) < 4.78 is 31.5. The van der Waals surface area contributed by atoms with Crippen molar-refractivity contribution in [2.75, 3.05) is 7.11 Å². The monoisotopic (exact) mass is 299 g/mol. The molecule has 1 rings (SSSR count). The van der Waals surface area contributed by atoms with Crippen molar-refractivity contribution in [3.05, 3.63) is 29.8 Å². The van der Waals surface area contributed by atoms with Gasteiger partial charge in [-0.15, -0.1) is 0 Å².